The van der Waals surface area contributed by atoms with E-state index in [0.717, 1.165) is 56.8 Å². The highest BCUT2D eigenvalue weighted by Gasteiger charge is 2.57. The van der Waals surface area contributed by atoms with Gasteiger partial charge >= 0.3 is 0 Å². The molecule has 0 bridgehead atoms. The SMILES string of the molecule is CCC12CC[C@@H]3[C@H](CCC4=CC(=O)CC[C@H]43)[C@H]1CCC2=O. The van der Waals surface area contributed by atoms with Crippen LogP contribution in [0.15, 0.2) is 11.6 Å². The van der Waals surface area contributed by atoms with Gasteiger partial charge in [-0.1, -0.05) is 12.5 Å². The number of rotatable bonds is 1. The van der Waals surface area contributed by atoms with Gasteiger partial charge in [0.05, 0.1) is 0 Å². The van der Waals surface area contributed by atoms with Crippen LogP contribution in [0.5, 0.6) is 0 Å². The third-order valence-electron chi connectivity index (χ3n) is 7.38. The van der Waals surface area contributed by atoms with E-state index in [-0.39, 0.29) is 5.41 Å². The molecule has 0 spiro atoms. The summed E-state index contributed by atoms with van der Waals surface area (Å²) in [6.45, 7) is 2.23. The van der Waals surface area contributed by atoms with E-state index in [2.05, 4.69) is 6.92 Å². The van der Waals surface area contributed by atoms with Gasteiger partial charge in [-0.25, -0.2) is 0 Å². The molecular weight excluding hydrogens is 260 g/mol. The van der Waals surface area contributed by atoms with Gasteiger partial charge in [0.2, 0.25) is 0 Å². The first-order valence-corrected chi connectivity index (χ1v) is 8.92. The number of allylic oxidation sites excluding steroid dienone is 1. The van der Waals surface area contributed by atoms with Gasteiger partial charge in [0.15, 0.2) is 5.78 Å². The topological polar surface area (TPSA) is 34.1 Å². The molecule has 0 heterocycles. The molecule has 0 aromatic heterocycles. The van der Waals surface area contributed by atoms with Crippen LogP contribution in [-0.2, 0) is 9.59 Å². The van der Waals surface area contributed by atoms with E-state index < -0.39 is 0 Å². The fraction of sp³-hybridized carbons (Fsp3) is 0.789. The second-order valence-corrected chi connectivity index (χ2v) is 7.81. The second kappa shape index (κ2) is 4.79. The molecule has 4 rings (SSSR count). The molecule has 0 aliphatic heterocycles. The van der Waals surface area contributed by atoms with Gasteiger partial charge in [0.25, 0.3) is 0 Å². The van der Waals surface area contributed by atoms with Crippen molar-refractivity contribution in [3.63, 3.8) is 0 Å². The van der Waals surface area contributed by atoms with Gasteiger partial charge in [-0.3, -0.25) is 9.59 Å². The van der Waals surface area contributed by atoms with E-state index >= 15 is 0 Å². The van der Waals surface area contributed by atoms with Gasteiger partial charge in [-0.15, -0.1) is 0 Å². The fourth-order valence-electron chi connectivity index (χ4n) is 6.40. The van der Waals surface area contributed by atoms with Crippen LogP contribution in [0, 0.1) is 29.1 Å². The number of hydrogen-bond donors (Lipinski definition) is 0. The van der Waals surface area contributed by atoms with Crippen LogP contribution in [0.1, 0.15) is 64.7 Å². The van der Waals surface area contributed by atoms with Crippen LogP contribution in [0.25, 0.3) is 0 Å². The number of ketones is 2. The van der Waals surface area contributed by atoms with E-state index in [1.54, 1.807) is 0 Å². The highest BCUT2D eigenvalue weighted by Crippen LogP contribution is 2.61. The zero-order chi connectivity index (χ0) is 14.6. The van der Waals surface area contributed by atoms with Crippen molar-refractivity contribution < 1.29 is 9.59 Å². The Hall–Kier alpha value is -0.920. The third-order valence-corrected chi connectivity index (χ3v) is 7.38. The minimum Gasteiger partial charge on any atom is -0.299 e. The third kappa shape index (κ3) is 1.83. The van der Waals surface area contributed by atoms with E-state index in [4.69, 9.17) is 0 Å². The molecule has 21 heavy (non-hydrogen) atoms. The van der Waals surface area contributed by atoms with Crippen molar-refractivity contribution >= 4 is 11.6 Å². The molecule has 0 amide bonds. The lowest BCUT2D eigenvalue weighted by molar-refractivity contribution is -0.133. The number of fused-ring (bicyclic) bond motifs is 5. The maximum atomic E-state index is 12.5. The second-order valence-electron chi connectivity index (χ2n) is 7.81. The summed E-state index contributed by atoms with van der Waals surface area (Å²) in [4.78, 5) is 24.2. The minimum absolute atomic E-state index is 0.0346. The summed E-state index contributed by atoms with van der Waals surface area (Å²) in [6.07, 6.45) is 11.5. The molecule has 5 atom stereocenters. The Balaban J connectivity index is 1.65. The summed E-state index contributed by atoms with van der Waals surface area (Å²) in [6, 6.07) is 0. The zero-order valence-electron chi connectivity index (χ0n) is 13.1. The Morgan fingerprint density at radius 3 is 2.71 bits per heavy atom. The fourth-order valence-corrected chi connectivity index (χ4v) is 6.40. The van der Waals surface area contributed by atoms with Crippen LogP contribution in [0.4, 0.5) is 0 Å². The lowest BCUT2D eigenvalue weighted by Crippen LogP contribution is -2.47. The van der Waals surface area contributed by atoms with E-state index in [1.165, 1.54) is 18.4 Å². The predicted molar refractivity (Wildman–Crippen MR) is 81.7 cm³/mol. The molecule has 3 saturated carbocycles. The van der Waals surface area contributed by atoms with Crippen LogP contribution >= 0.6 is 0 Å². The van der Waals surface area contributed by atoms with Crippen molar-refractivity contribution in [1.82, 2.24) is 0 Å². The van der Waals surface area contributed by atoms with E-state index in [1.807, 2.05) is 6.08 Å². The van der Waals surface area contributed by atoms with Crippen molar-refractivity contribution in [2.75, 3.05) is 0 Å². The number of carbonyl (C=O) groups excluding carboxylic acids is 2. The molecule has 1 unspecified atom stereocenters. The maximum absolute atomic E-state index is 12.5. The van der Waals surface area contributed by atoms with Crippen molar-refractivity contribution in [1.29, 1.82) is 0 Å². The van der Waals surface area contributed by atoms with Crippen molar-refractivity contribution in [3.8, 4) is 0 Å². The summed E-state index contributed by atoms with van der Waals surface area (Å²) < 4.78 is 0. The van der Waals surface area contributed by atoms with Crippen LogP contribution in [0.3, 0.4) is 0 Å². The summed E-state index contributed by atoms with van der Waals surface area (Å²) >= 11 is 0. The molecule has 0 N–H and O–H groups in total. The van der Waals surface area contributed by atoms with Crippen molar-refractivity contribution in [3.05, 3.63) is 11.6 Å². The maximum Gasteiger partial charge on any atom is 0.155 e. The van der Waals surface area contributed by atoms with Crippen LogP contribution in [0.2, 0.25) is 0 Å². The Bertz CT molecular complexity index is 518. The first-order valence-electron chi connectivity index (χ1n) is 8.92. The smallest absolute Gasteiger partial charge is 0.155 e. The Morgan fingerprint density at radius 1 is 1.05 bits per heavy atom. The molecule has 3 fully saturated rings. The van der Waals surface area contributed by atoms with Gasteiger partial charge < -0.3 is 0 Å². The van der Waals surface area contributed by atoms with Gasteiger partial charge in [-0.2, -0.15) is 0 Å². The molecule has 2 nitrogen and oxygen atoms in total. The van der Waals surface area contributed by atoms with Gasteiger partial charge in [0.1, 0.15) is 5.78 Å². The number of hydrogen-bond acceptors (Lipinski definition) is 2. The normalized spacial score (nSPS) is 45.7. The van der Waals surface area contributed by atoms with Gasteiger partial charge in [-0.05, 0) is 74.7 Å². The first-order chi connectivity index (χ1) is 10.2. The zero-order valence-corrected chi connectivity index (χ0v) is 13.1. The predicted octanol–water partition coefficient (Wildman–Crippen LogP) is 4.09. The quantitative estimate of drug-likeness (QED) is 0.727. The average Bonchev–Trinajstić information content (AvgIpc) is 2.84. The van der Waals surface area contributed by atoms with E-state index in [0.29, 0.717) is 23.4 Å². The molecule has 4 aliphatic rings. The summed E-state index contributed by atoms with van der Waals surface area (Å²) in [5, 5.41) is 0. The van der Waals surface area contributed by atoms with Gasteiger partial charge in [0, 0.05) is 18.3 Å². The average molecular weight is 286 g/mol. The number of carbonyl (C=O) groups is 2. The largest absolute Gasteiger partial charge is 0.299 e. The highest BCUT2D eigenvalue weighted by molar-refractivity contribution is 5.91. The Labute approximate surface area is 127 Å². The summed E-state index contributed by atoms with van der Waals surface area (Å²) in [5.41, 5.74) is 1.48. The molecule has 0 aromatic rings. The monoisotopic (exact) mass is 286 g/mol. The first kappa shape index (κ1) is 13.7. The van der Waals surface area contributed by atoms with Crippen LogP contribution in [-0.4, -0.2) is 11.6 Å². The number of Topliss-reactive ketones (excluding diaryl/α,β-unsaturated/α-hetero) is 1. The van der Waals surface area contributed by atoms with E-state index in [9.17, 15) is 9.59 Å². The molecular formula is C19H26O2. The molecule has 114 valence electrons. The molecule has 0 radical (unpaired) electrons. The lowest BCUT2D eigenvalue weighted by Gasteiger charge is -2.52. The molecule has 2 heteroatoms. The Morgan fingerprint density at radius 2 is 1.90 bits per heavy atom. The van der Waals surface area contributed by atoms with Crippen molar-refractivity contribution in [2.45, 2.75) is 64.7 Å². The van der Waals surface area contributed by atoms with Crippen LogP contribution < -0.4 is 0 Å². The molecule has 0 aromatic carbocycles. The lowest BCUT2D eigenvalue weighted by atomic mass is 9.51. The van der Waals surface area contributed by atoms with Crippen molar-refractivity contribution in [2.24, 2.45) is 29.1 Å². The highest BCUT2D eigenvalue weighted by atomic mass is 16.1. The summed E-state index contributed by atoms with van der Waals surface area (Å²) in [5.74, 6) is 3.72. The summed E-state index contributed by atoms with van der Waals surface area (Å²) in [7, 11) is 0. The minimum atomic E-state index is 0.0346. The Kier molecular flexibility index (Phi) is 3.13. The molecule has 0 saturated heterocycles. The standard InChI is InChI=1S/C19H26O2/c1-2-19-10-9-15-14-6-4-13(20)11-12(14)3-5-16(15)17(19)7-8-18(19)21/h11,14-17H,2-10H2,1H3/t14-,15+,16+,17-,19?/m1/s1. The molecule has 4 aliphatic carbocycles.